The number of anilines is 1. The van der Waals surface area contributed by atoms with E-state index < -0.39 is 23.6 Å². The van der Waals surface area contributed by atoms with Crippen LogP contribution in [0.3, 0.4) is 0 Å². The minimum atomic E-state index is -0.947. The zero-order valence-corrected chi connectivity index (χ0v) is 12.1. The van der Waals surface area contributed by atoms with Gasteiger partial charge in [-0.15, -0.1) is 11.8 Å². The number of carbonyl (C=O) groups is 1. The van der Waals surface area contributed by atoms with Gasteiger partial charge in [-0.1, -0.05) is 0 Å². The molecule has 0 aliphatic rings. The quantitative estimate of drug-likeness (QED) is 0.276. The van der Waals surface area contributed by atoms with Crippen LogP contribution in [0.25, 0.3) is 0 Å². The highest BCUT2D eigenvalue weighted by Gasteiger charge is 2.16. The Morgan fingerprint density at radius 2 is 2.29 bits per heavy atom. The van der Waals surface area contributed by atoms with E-state index in [4.69, 9.17) is 5.11 Å². The fourth-order valence-electron chi connectivity index (χ4n) is 1.39. The normalized spacial score (nSPS) is 11.8. The average Bonchev–Trinajstić information content (AvgIpc) is 2.50. The number of aliphatic hydroxyl groups is 2. The number of hydrogen-bond acceptors (Lipinski definition) is 8. The largest absolute Gasteiger partial charge is 0.468 e. The second-order valence-corrected chi connectivity index (χ2v) is 5.04. The van der Waals surface area contributed by atoms with E-state index in [0.29, 0.717) is 10.6 Å². The number of benzene rings is 1. The number of thioether (sulfide) groups is 1. The van der Waals surface area contributed by atoms with Crippen LogP contribution in [0.2, 0.25) is 0 Å². The van der Waals surface area contributed by atoms with Crippen molar-refractivity contribution in [3.8, 4) is 0 Å². The molecule has 0 saturated carbocycles. The molecule has 0 aliphatic heterocycles. The Morgan fingerprint density at radius 3 is 2.86 bits per heavy atom. The number of nitrogens with one attached hydrogen (secondary N) is 1. The molecule has 9 heteroatoms. The monoisotopic (exact) mass is 316 g/mol. The Bertz CT molecular complexity index is 511. The van der Waals surface area contributed by atoms with Crippen LogP contribution in [-0.2, 0) is 9.53 Å². The van der Waals surface area contributed by atoms with E-state index in [1.54, 1.807) is 6.07 Å². The Hall–Kier alpha value is -1.84. The smallest absolute Gasteiger partial charge is 0.315 e. The molecule has 3 N–H and O–H groups in total. The van der Waals surface area contributed by atoms with Gasteiger partial charge in [0.2, 0.25) is 0 Å². The predicted molar refractivity (Wildman–Crippen MR) is 77.4 cm³/mol. The lowest BCUT2D eigenvalue weighted by Gasteiger charge is -2.11. The third kappa shape index (κ3) is 5.58. The molecule has 1 aromatic rings. The molecule has 1 atom stereocenters. The van der Waals surface area contributed by atoms with Crippen LogP contribution >= 0.6 is 11.8 Å². The molecule has 1 unspecified atom stereocenters. The molecule has 0 bridgehead atoms. The maximum absolute atomic E-state index is 11.1. The molecular formula is C12H16N2O6S. The molecule has 0 aliphatic carbocycles. The zero-order chi connectivity index (χ0) is 15.8. The number of nitrogens with zero attached hydrogens (tertiary/aromatic N) is 1. The van der Waals surface area contributed by atoms with Crippen molar-refractivity contribution < 1.29 is 24.7 Å². The fraction of sp³-hybridized carbons (Fsp3) is 0.417. The van der Waals surface area contributed by atoms with Gasteiger partial charge in [-0.2, -0.15) is 0 Å². The van der Waals surface area contributed by atoms with E-state index >= 15 is 0 Å². The summed E-state index contributed by atoms with van der Waals surface area (Å²) < 4.78 is 4.48. The zero-order valence-electron chi connectivity index (χ0n) is 11.3. The molecule has 1 aromatic carbocycles. The number of methoxy groups -OCH3 is 1. The number of rotatable bonds is 8. The Morgan fingerprint density at radius 1 is 1.57 bits per heavy atom. The molecule has 0 heterocycles. The number of carbonyl (C=O) groups excluding carboxylic acids is 1. The van der Waals surface area contributed by atoms with Crippen molar-refractivity contribution in [1.82, 2.24) is 0 Å². The highest BCUT2D eigenvalue weighted by Crippen LogP contribution is 2.31. The summed E-state index contributed by atoms with van der Waals surface area (Å²) in [5.41, 5.74) is 0.295. The van der Waals surface area contributed by atoms with Gasteiger partial charge in [-0.05, 0) is 12.1 Å². The second kappa shape index (κ2) is 8.45. The van der Waals surface area contributed by atoms with Crippen molar-refractivity contribution in [3.63, 3.8) is 0 Å². The topological polar surface area (TPSA) is 122 Å². The van der Waals surface area contributed by atoms with Crippen LogP contribution in [0.4, 0.5) is 11.4 Å². The Labute approximate surface area is 125 Å². The summed E-state index contributed by atoms with van der Waals surface area (Å²) in [5, 5.41) is 31.7. The average molecular weight is 316 g/mol. The summed E-state index contributed by atoms with van der Waals surface area (Å²) in [6, 6.07) is 4.42. The van der Waals surface area contributed by atoms with Gasteiger partial charge in [-0.25, -0.2) is 0 Å². The first kappa shape index (κ1) is 17.2. The van der Waals surface area contributed by atoms with Crippen molar-refractivity contribution >= 4 is 29.1 Å². The van der Waals surface area contributed by atoms with Crippen LogP contribution in [0.15, 0.2) is 23.1 Å². The van der Waals surface area contributed by atoms with Crippen LogP contribution in [-0.4, -0.2) is 53.2 Å². The minimum absolute atomic E-state index is 0.0205. The highest BCUT2D eigenvalue weighted by molar-refractivity contribution is 8.00. The van der Waals surface area contributed by atoms with Crippen LogP contribution in [0, 0.1) is 10.1 Å². The molecule has 1 rings (SSSR count). The molecule has 0 amide bonds. The molecule has 0 saturated heterocycles. The molecule has 0 aromatic heterocycles. The number of aliphatic hydroxyl groups excluding tert-OH is 2. The summed E-state index contributed by atoms with van der Waals surface area (Å²) >= 11 is 1.01. The molecule has 8 nitrogen and oxygen atoms in total. The van der Waals surface area contributed by atoms with E-state index in [-0.39, 0.29) is 18.0 Å². The minimum Gasteiger partial charge on any atom is -0.468 e. The lowest BCUT2D eigenvalue weighted by atomic mass is 10.2. The lowest BCUT2D eigenvalue weighted by molar-refractivity contribution is -0.387. The summed E-state index contributed by atoms with van der Waals surface area (Å²) in [5.74, 6) is -0.490. The number of nitro groups is 1. The molecule has 0 spiro atoms. The van der Waals surface area contributed by atoms with Gasteiger partial charge in [0.1, 0.15) is 0 Å². The molecule has 0 radical (unpaired) electrons. The van der Waals surface area contributed by atoms with Gasteiger partial charge in [0.25, 0.3) is 5.69 Å². The maximum Gasteiger partial charge on any atom is 0.315 e. The number of esters is 1. The Kier molecular flexibility index (Phi) is 6.92. The summed E-state index contributed by atoms with van der Waals surface area (Å²) in [7, 11) is 1.25. The number of nitro benzene ring substituents is 1. The van der Waals surface area contributed by atoms with Crippen LogP contribution in [0.1, 0.15) is 0 Å². The van der Waals surface area contributed by atoms with E-state index in [9.17, 15) is 20.0 Å². The molecule has 21 heavy (non-hydrogen) atoms. The maximum atomic E-state index is 11.1. The van der Waals surface area contributed by atoms with E-state index in [0.717, 1.165) is 11.8 Å². The molecule has 0 fully saturated rings. The molecule has 116 valence electrons. The van der Waals surface area contributed by atoms with Crippen molar-refractivity contribution in [3.05, 3.63) is 28.3 Å². The standard InChI is InChI=1S/C12H16N2O6S/c1-20-12(17)7-21-11-3-2-8(4-10(11)14(18)19)13-5-9(16)6-15/h2-4,9,13,15-16H,5-7H2,1H3. The van der Waals surface area contributed by atoms with E-state index in [1.807, 2.05) is 0 Å². The molecular weight excluding hydrogens is 300 g/mol. The summed E-state index contributed by atoms with van der Waals surface area (Å²) in [6.07, 6.45) is -0.947. The predicted octanol–water partition coefficient (Wildman–Crippen LogP) is 0.625. The van der Waals surface area contributed by atoms with Crippen molar-refractivity contribution in [2.24, 2.45) is 0 Å². The first-order chi connectivity index (χ1) is 9.97. The SMILES string of the molecule is COC(=O)CSc1ccc(NCC(O)CO)cc1[N+](=O)[O-]. The van der Waals surface area contributed by atoms with Crippen molar-refractivity contribution in [2.75, 3.05) is 31.3 Å². The van der Waals surface area contributed by atoms with Gasteiger partial charge in [0.15, 0.2) is 0 Å². The third-order valence-electron chi connectivity index (χ3n) is 2.48. The number of ether oxygens (including phenoxy) is 1. The number of hydrogen-bond donors (Lipinski definition) is 3. The van der Waals surface area contributed by atoms with Gasteiger partial charge in [-0.3, -0.25) is 14.9 Å². The summed E-state index contributed by atoms with van der Waals surface area (Å²) in [6.45, 7) is -0.329. The Balaban J connectivity index is 2.81. The first-order valence-electron chi connectivity index (χ1n) is 5.98. The van der Waals surface area contributed by atoms with E-state index in [2.05, 4.69) is 10.1 Å². The van der Waals surface area contributed by atoms with Crippen LogP contribution in [0.5, 0.6) is 0 Å². The van der Waals surface area contributed by atoms with Gasteiger partial charge in [0.05, 0.1) is 35.4 Å². The van der Waals surface area contributed by atoms with E-state index in [1.165, 1.54) is 19.2 Å². The fourth-order valence-corrected chi connectivity index (χ4v) is 2.22. The first-order valence-corrected chi connectivity index (χ1v) is 6.97. The second-order valence-electron chi connectivity index (χ2n) is 4.02. The lowest BCUT2D eigenvalue weighted by Crippen LogP contribution is -2.22. The van der Waals surface area contributed by atoms with Gasteiger partial charge < -0.3 is 20.3 Å². The van der Waals surface area contributed by atoms with Gasteiger partial charge in [0, 0.05) is 18.3 Å². The van der Waals surface area contributed by atoms with Crippen molar-refractivity contribution in [1.29, 1.82) is 0 Å². The van der Waals surface area contributed by atoms with Crippen LogP contribution < -0.4 is 5.32 Å². The highest BCUT2D eigenvalue weighted by atomic mass is 32.2. The van der Waals surface area contributed by atoms with Gasteiger partial charge >= 0.3 is 5.97 Å². The third-order valence-corrected chi connectivity index (χ3v) is 3.52. The van der Waals surface area contributed by atoms with Crippen molar-refractivity contribution in [2.45, 2.75) is 11.0 Å². The summed E-state index contributed by atoms with van der Waals surface area (Å²) in [4.78, 5) is 21.9.